The molecule has 0 unspecified atom stereocenters. The highest BCUT2D eigenvalue weighted by Gasteiger charge is 2.21. The molecule has 1 rings (SSSR count). The Balaban J connectivity index is 2.82. The molecule has 0 saturated carbocycles. The van der Waals surface area contributed by atoms with Crippen molar-refractivity contribution in [3.8, 4) is 0 Å². The topological polar surface area (TPSA) is 66.4 Å². The molecule has 16 heavy (non-hydrogen) atoms. The first-order valence-electron chi connectivity index (χ1n) is 4.42. The standard InChI is InChI=1S/C8H11Cl2NO3S2/c1-5(4-12)3-11-16(13,14)6-2-7(9)15-8(6)10/h2,5,11-12H,3-4H2,1H3/t5-/m1/s1. The fourth-order valence-corrected chi connectivity index (χ4v) is 4.21. The van der Waals surface area contributed by atoms with Crippen LogP contribution in [0.5, 0.6) is 0 Å². The number of nitrogens with one attached hydrogen (secondary N) is 1. The van der Waals surface area contributed by atoms with Gasteiger partial charge in [-0.05, 0) is 12.0 Å². The highest BCUT2D eigenvalue weighted by atomic mass is 35.5. The molecule has 0 aliphatic rings. The third-order valence-electron chi connectivity index (χ3n) is 1.85. The van der Waals surface area contributed by atoms with Crippen LogP contribution in [-0.2, 0) is 10.0 Å². The molecule has 0 aliphatic heterocycles. The lowest BCUT2D eigenvalue weighted by Crippen LogP contribution is -2.29. The van der Waals surface area contributed by atoms with E-state index in [0.717, 1.165) is 11.3 Å². The van der Waals surface area contributed by atoms with Gasteiger partial charge in [0.1, 0.15) is 9.23 Å². The van der Waals surface area contributed by atoms with Crippen molar-refractivity contribution in [2.24, 2.45) is 5.92 Å². The molecular formula is C8H11Cl2NO3S2. The third kappa shape index (κ3) is 3.58. The monoisotopic (exact) mass is 303 g/mol. The van der Waals surface area contributed by atoms with Gasteiger partial charge in [0, 0.05) is 13.2 Å². The lowest BCUT2D eigenvalue weighted by atomic mass is 10.2. The number of thiophene rings is 1. The lowest BCUT2D eigenvalue weighted by molar-refractivity contribution is 0.238. The summed E-state index contributed by atoms with van der Waals surface area (Å²) in [5.74, 6) is -0.150. The first kappa shape index (κ1) is 14.2. The van der Waals surface area contributed by atoms with Crippen LogP contribution >= 0.6 is 34.5 Å². The molecule has 0 amide bonds. The van der Waals surface area contributed by atoms with Gasteiger partial charge in [-0.15, -0.1) is 11.3 Å². The zero-order valence-corrected chi connectivity index (χ0v) is 11.5. The average molecular weight is 304 g/mol. The van der Waals surface area contributed by atoms with E-state index < -0.39 is 10.0 Å². The van der Waals surface area contributed by atoms with Crippen molar-refractivity contribution in [1.29, 1.82) is 0 Å². The zero-order valence-electron chi connectivity index (χ0n) is 8.41. The minimum absolute atomic E-state index is 0.0192. The van der Waals surface area contributed by atoms with Crippen molar-refractivity contribution in [2.45, 2.75) is 11.8 Å². The van der Waals surface area contributed by atoms with Gasteiger partial charge in [-0.2, -0.15) is 0 Å². The summed E-state index contributed by atoms with van der Waals surface area (Å²) in [5, 5.41) is 8.78. The number of sulfonamides is 1. The molecule has 0 fully saturated rings. The van der Waals surface area contributed by atoms with Crippen LogP contribution in [0.1, 0.15) is 6.92 Å². The maximum absolute atomic E-state index is 11.8. The molecule has 0 bridgehead atoms. The lowest BCUT2D eigenvalue weighted by Gasteiger charge is -2.09. The van der Waals surface area contributed by atoms with Crippen molar-refractivity contribution in [3.05, 3.63) is 14.7 Å². The number of rotatable bonds is 5. The summed E-state index contributed by atoms with van der Waals surface area (Å²) in [7, 11) is -3.64. The molecule has 92 valence electrons. The minimum atomic E-state index is -3.64. The number of aliphatic hydroxyl groups excluding tert-OH is 1. The molecule has 0 aliphatic carbocycles. The first-order valence-corrected chi connectivity index (χ1v) is 7.47. The summed E-state index contributed by atoms with van der Waals surface area (Å²) in [4.78, 5) is -0.0192. The van der Waals surface area contributed by atoms with E-state index in [4.69, 9.17) is 28.3 Å². The molecule has 1 aromatic heterocycles. The Labute approximate surface area is 108 Å². The van der Waals surface area contributed by atoms with E-state index in [9.17, 15) is 8.42 Å². The largest absolute Gasteiger partial charge is 0.396 e. The molecule has 0 saturated heterocycles. The van der Waals surface area contributed by atoms with Crippen molar-refractivity contribution in [3.63, 3.8) is 0 Å². The Bertz CT molecular complexity index is 458. The number of aliphatic hydroxyl groups is 1. The normalized spacial score (nSPS) is 14.0. The number of hydrogen-bond acceptors (Lipinski definition) is 4. The van der Waals surface area contributed by atoms with E-state index >= 15 is 0 Å². The fraction of sp³-hybridized carbons (Fsp3) is 0.500. The second-order valence-corrected chi connectivity index (χ2v) is 7.35. The summed E-state index contributed by atoms with van der Waals surface area (Å²) < 4.78 is 26.3. The highest BCUT2D eigenvalue weighted by Crippen LogP contribution is 2.33. The Kier molecular flexibility index (Phi) is 5.03. The molecule has 1 atom stereocenters. The predicted molar refractivity (Wildman–Crippen MR) is 65.8 cm³/mol. The maximum Gasteiger partial charge on any atom is 0.242 e. The molecule has 2 N–H and O–H groups in total. The molecule has 0 radical (unpaired) electrons. The Morgan fingerprint density at radius 3 is 2.62 bits per heavy atom. The molecule has 0 aromatic carbocycles. The molecule has 1 aromatic rings. The van der Waals surface area contributed by atoms with Gasteiger partial charge >= 0.3 is 0 Å². The zero-order chi connectivity index (χ0) is 12.3. The van der Waals surface area contributed by atoms with E-state index in [1.165, 1.54) is 6.07 Å². The van der Waals surface area contributed by atoms with Crippen molar-refractivity contribution >= 4 is 44.6 Å². The molecule has 1 heterocycles. The third-order valence-corrected chi connectivity index (χ3v) is 5.02. The van der Waals surface area contributed by atoms with Crippen LogP contribution in [0.2, 0.25) is 8.67 Å². The molecule has 4 nitrogen and oxygen atoms in total. The minimum Gasteiger partial charge on any atom is -0.396 e. The Hall–Kier alpha value is 0.150. The van der Waals surface area contributed by atoms with Crippen LogP contribution < -0.4 is 4.72 Å². The van der Waals surface area contributed by atoms with Gasteiger partial charge in [-0.1, -0.05) is 30.1 Å². The van der Waals surface area contributed by atoms with Gasteiger partial charge in [0.2, 0.25) is 10.0 Å². The van der Waals surface area contributed by atoms with Crippen LogP contribution in [0.3, 0.4) is 0 Å². The SMILES string of the molecule is C[C@@H](CO)CNS(=O)(=O)c1cc(Cl)sc1Cl. The van der Waals surface area contributed by atoms with E-state index in [0.29, 0.717) is 4.34 Å². The molecule has 8 heteroatoms. The summed E-state index contributed by atoms with van der Waals surface area (Å²) in [6, 6.07) is 1.31. The number of halogens is 2. The van der Waals surface area contributed by atoms with Gasteiger partial charge in [-0.3, -0.25) is 0 Å². The van der Waals surface area contributed by atoms with Gasteiger partial charge in [-0.25, -0.2) is 13.1 Å². The van der Waals surface area contributed by atoms with Crippen molar-refractivity contribution in [1.82, 2.24) is 4.72 Å². The van der Waals surface area contributed by atoms with E-state index in [2.05, 4.69) is 4.72 Å². The first-order chi connectivity index (χ1) is 7.36. The smallest absolute Gasteiger partial charge is 0.242 e. The molecule has 0 spiro atoms. The number of hydrogen-bond donors (Lipinski definition) is 2. The van der Waals surface area contributed by atoms with Gasteiger partial charge in [0.05, 0.1) is 4.34 Å². The van der Waals surface area contributed by atoms with E-state index in [1.54, 1.807) is 6.92 Å². The van der Waals surface area contributed by atoms with Gasteiger partial charge in [0.25, 0.3) is 0 Å². The summed E-state index contributed by atoms with van der Waals surface area (Å²) in [6.45, 7) is 1.80. The highest BCUT2D eigenvalue weighted by molar-refractivity contribution is 7.89. The van der Waals surface area contributed by atoms with Crippen molar-refractivity contribution in [2.75, 3.05) is 13.2 Å². The van der Waals surface area contributed by atoms with Crippen LogP contribution in [-0.4, -0.2) is 26.7 Å². The van der Waals surface area contributed by atoms with Crippen LogP contribution in [0.25, 0.3) is 0 Å². The van der Waals surface area contributed by atoms with Crippen LogP contribution in [0.15, 0.2) is 11.0 Å². The predicted octanol–water partition coefficient (Wildman–Crippen LogP) is 1.96. The quantitative estimate of drug-likeness (QED) is 0.874. The summed E-state index contributed by atoms with van der Waals surface area (Å²) in [6.07, 6.45) is 0. The fourth-order valence-electron chi connectivity index (χ4n) is 0.903. The second-order valence-electron chi connectivity index (χ2n) is 3.33. The van der Waals surface area contributed by atoms with Gasteiger partial charge < -0.3 is 5.11 Å². The Morgan fingerprint density at radius 2 is 2.19 bits per heavy atom. The van der Waals surface area contributed by atoms with Crippen LogP contribution in [0.4, 0.5) is 0 Å². The average Bonchev–Trinajstić information content (AvgIpc) is 2.55. The van der Waals surface area contributed by atoms with Crippen LogP contribution in [0, 0.1) is 5.92 Å². The summed E-state index contributed by atoms with van der Waals surface area (Å²) >= 11 is 12.4. The summed E-state index contributed by atoms with van der Waals surface area (Å²) in [5.41, 5.74) is 0. The maximum atomic E-state index is 11.8. The van der Waals surface area contributed by atoms with E-state index in [-0.39, 0.29) is 28.3 Å². The van der Waals surface area contributed by atoms with Gasteiger partial charge in [0.15, 0.2) is 0 Å². The second kappa shape index (κ2) is 5.66. The Morgan fingerprint density at radius 1 is 1.56 bits per heavy atom. The molecular weight excluding hydrogens is 293 g/mol. The van der Waals surface area contributed by atoms with Crippen molar-refractivity contribution < 1.29 is 13.5 Å². The van der Waals surface area contributed by atoms with E-state index in [1.807, 2.05) is 0 Å².